The first-order valence-corrected chi connectivity index (χ1v) is 6.54. The predicted molar refractivity (Wildman–Crippen MR) is 73.7 cm³/mol. The van der Waals surface area contributed by atoms with Crippen molar-refractivity contribution in [1.82, 2.24) is 15.1 Å². The number of halogens is 2. The number of benzene rings is 1. The van der Waals surface area contributed by atoms with E-state index in [1.165, 1.54) is 0 Å². The first-order chi connectivity index (χ1) is 8.66. The summed E-state index contributed by atoms with van der Waals surface area (Å²) in [6.07, 6.45) is 3.28. The highest BCUT2D eigenvalue weighted by Crippen LogP contribution is 2.15. The van der Waals surface area contributed by atoms with E-state index in [-0.39, 0.29) is 5.91 Å². The quantitative estimate of drug-likeness (QED) is 0.938. The van der Waals surface area contributed by atoms with Crippen LogP contribution in [0.1, 0.15) is 10.4 Å². The lowest BCUT2D eigenvalue weighted by molar-refractivity contribution is 0.0951. The van der Waals surface area contributed by atoms with Crippen LogP contribution < -0.4 is 5.32 Å². The number of nitrogens with one attached hydrogen (secondary N) is 1. The summed E-state index contributed by atoms with van der Waals surface area (Å²) in [5.41, 5.74) is 0.621. The number of hydrogen-bond acceptors (Lipinski definition) is 2. The van der Waals surface area contributed by atoms with Crippen LogP contribution in [0.25, 0.3) is 0 Å². The van der Waals surface area contributed by atoms with E-state index in [4.69, 9.17) is 11.6 Å². The second kappa shape index (κ2) is 6.02. The van der Waals surface area contributed by atoms with Crippen LogP contribution in [-0.2, 0) is 6.54 Å². The molecule has 4 nitrogen and oxygen atoms in total. The fourth-order valence-electron chi connectivity index (χ4n) is 1.49. The molecule has 0 aliphatic rings. The fourth-order valence-corrected chi connectivity index (χ4v) is 2.11. The number of carbonyl (C=O) groups excluding carboxylic acids is 1. The molecule has 1 amide bonds. The van der Waals surface area contributed by atoms with Crippen molar-refractivity contribution in [1.29, 1.82) is 0 Å². The maximum atomic E-state index is 11.9. The molecule has 0 aliphatic carbocycles. The van der Waals surface area contributed by atoms with Crippen molar-refractivity contribution in [3.63, 3.8) is 0 Å². The van der Waals surface area contributed by atoms with E-state index in [9.17, 15) is 4.79 Å². The maximum Gasteiger partial charge on any atom is 0.252 e. The monoisotopic (exact) mass is 327 g/mol. The molecule has 2 aromatic rings. The zero-order chi connectivity index (χ0) is 13.0. The van der Waals surface area contributed by atoms with Gasteiger partial charge in [0.05, 0.1) is 23.3 Å². The second-order valence-corrected chi connectivity index (χ2v) is 4.95. The summed E-state index contributed by atoms with van der Waals surface area (Å²) in [5, 5.41) is 7.44. The summed E-state index contributed by atoms with van der Waals surface area (Å²) in [5.74, 6) is -0.110. The highest BCUT2D eigenvalue weighted by molar-refractivity contribution is 9.10. The van der Waals surface area contributed by atoms with Crippen LogP contribution in [0.15, 0.2) is 41.1 Å². The summed E-state index contributed by atoms with van der Waals surface area (Å²) in [6.45, 7) is 1.08. The van der Waals surface area contributed by atoms with Crippen molar-refractivity contribution in [2.45, 2.75) is 6.54 Å². The Labute approximate surface area is 118 Å². The second-order valence-electron chi connectivity index (χ2n) is 3.66. The van der Waals surface area contributed by atoms with Crippen molar-refractivity contribution in [2.24, 2.45) is 0 Å². The number of nitrogens with zero attached hydrogens (tertiary/aromatic N) is 2. The Morgan fingerprint density at radius 2 is 2.22 bits per heavy atom. The molecule has 0 saturated carbocycles. The van der Waals surface area contributed by atoms with Crippen LogP contribution in [0.4, 0.5) is 0 Å². The third-order valence-electron chi connectivity index (χ3n) is 2.35. The largest absolute Gasteiger partial charge is 0.350 e. The van der Waals surface area contributed by atoms with Gasteiger partial charge in [-0.05, 0) is 28.1 Å². The lowest BCUT2D eigenvalue weighted by atomic mass is 10.2. The van der Waals surface area contributed by atoms with E-state index in [1.807, 2.05) is 18.2 Å². The molecule has 0 unspecified atom stereocenters. The van der Waals surface area contributed by atoms with E-state index in [0.717, 1.165) is 4.47 Å². The Morgan fingerprint density at radius 1 is 1.44 bits per heavy atom. The van der Waals surface area contributed by atoms with Crippen LogP contribution in [-0.4, -0.2) is 22.2 Å². The molecule has 1 aromatic heterocycles. The minimum Gasteiger partial charge on any atom is -0.350 e. The van der Waals surface area contributed by atoms with Crippen LogP contribution in [0, 0.1) is 0 Å². The molecule has 0 fully saturated rings. The summed E-state index contributed by atoms with van der Waals surface area (Å²) in [4.78, 5) is 11.9. The topological polar surface area (TPSA) is 46.9 Å². The number of carbonyl (C=O) groups is 1. The zero-order valence-electron chi connectivity index (χ0n) is 9.44. The van der Waals surface area contributed by atoms with Gasteiger partial charge in [-0.3, -0.25) is 9.48 Å². The van der Waals surface area contributed by atoms with Gasteiger partial charge in [0.15, 0.2) is 0 Å². The van der Waals surface area contributed by atoms with Gasteiger partial charge >= 0.3 is 0 Å². The van der Waals surface area contributed by atoms with Crippen LogP contribution in [0.2, 0.25) is 5.02 Å². The van der Waals surface area contributed by atoms with Crippen LogP contribution in [0.3, 0.4) is 0 Å². The molecule has 94 valence electrons. The standard InChI is InChI=1S/C12H11BrClN3O/c13-11-4-2-1-3-10(11)12(18)15-5-6-17-8-9(14)7-16-17/h1-4,7-8H,5-6H2,(H,15,18). The highest BCUT2D eigenvalue weighted by Gasteiger charge is 2.08. The van der Waals surface area contributed by atoms with Crippen LogP contribution in [0.5, 0.6) is 0 Å². The van der Waals surface area contributed by atoms with Gasteiger partial charge in [-0.2, -0.15) is 5.10 Å². The van der Waals surface area contributed by atoms with Crippen molar-refractivity contribution < 1.29 is 4.79 Å². The molecule has 0 saturated heterocycles. The van der Waals surface area contributed by atoms with Crippen LogP contribution >= 0.6 is 27.5 Å². The van der Waals surface area contributed by atoms with Crippen molar-refractivity contribution in [2.75, 3.05) is 6.54 Å². The van der Waals surface area contributed by atoms with E-state index in [1.54, 1.807) is 23.1 Å². The summed E-state index contributed by atoms with van der Waals surface area (Å²) < 4.78 is 2.47. The molecule has 1 aromatic carbocycles. The Hall–Kier alpha value is -1.33. The molecule has 0 spiro atoms. The minimum absolute atomic E-state index is 0.110. The summed E-state index contributed by atoms with van der Waals surface area (Å²) >= 11 is 9.08. The van der Waals surface area contributed by atoms with E-state index in [0.29, 0.717) is 23.7 Å². The summed E-state index contributed by atoms with van der Waals surface area (Å²) in [6, 6.07) is 7.30. The third-order valence-corrected chi connectivity index (χ3v) is 3.23. The smallest absolute Gasteiger partial charge is 0.252 e. The molecule has 0 bridgehead atoms. The molecule has 18 heavy (non-hydrogen) atoms. The number of hydrogen-bond donors (Lipinski definition) is 1. The van der Waals surface area contributed by atoms with Gasteiger partial charge in [-0.25, -0.2) is 0 Å². The average molecular weight is 329 g/mol. The SMILES string of the molecule is O=C(NCCn1cc(Cl)cn1)c1ccccc1Br. The van der Waals surface area contributed by atoms with Gasteiger partial charge in [0.1, 0.15) is 0 Å². The number of aromatic nitrogens is 2. The van der Waals surface area contributed by atoms with Gasteiger partial charge < -0.3 is 5.32 Å². The maximum absolute atomic E-state index is 11.9. The van der Waals surface area contributed by atoms with Gasteiger partial charge in [0.2, 0.25) is 0 Å². The zero-order valence-corrected chi connectivity index (χ0v) is 11.8. The number of rotatable bonds is 4. The predicted octanol–water partition coefficient (Wildman–Crippen LogP) is 2.73. The highest BCUT2D eigenvalue weighted by atomic mass is 79.9. The molecule has 6 heteroatoms. The van der Waals surface area contributed by atoms with Crippen molar-refractivity contribution in [3.8, 4) is 0 Å². The lowest BCUT2D eigenvalue weighted by Crippen LogP contribution is -2.27. The lowest BCUT2D eigenvalue weighted by Gasteiger charge is -2.06. The van der Waals surface area contributed by atoms with Gasteiger partial charge in [0.25, 0.3) is 5.91 Å². The first-order valence-electron chi connectivity index (χ1n) is 5.37. The van der Waals surface area contributed by atoms with Gasteiger partial charge in [-0.15, -0.1) is 0 Å². The number of amides is 1. The molecule has 1 N–H and O–H groups in total. The molecule has 1 heterocycles. The molecule has 0 atom stereocenters. The Balaban J connectivity index is 1.87. The molecule has 2 rings (SSSR count). The van der Waals surface area contributed by atoms with Gasteiger partial charge in [0, 0.05) is 17.2 Å². The summed E-state index contributed by atoms with van der Waals surface area (Å²) in [7, 11) is 0. The first kappa shape index (κ1) is 13.1. The van der Waals surface area contributed by atoms with Gasteiger partial charge in [-0.1, -0.05) is 23.7 Å². The third kappa shape index (κ3) is 3.34. The molecule has 0 radical (unpaired) electrons. The van der Waals surface area contributed by atoms with E-state index >= 15 is 0 Å². The van der Waals surface area contributed by atoms with Crippen molar-refractivity contribution in [3.05, 3.63) is 51.7 Å². The minimum atomic E-state index is -0.110. The fraction of sp³-hybridized carbons (Fsp3) is 0.167. The van der Waals surface area contributed by atoms with E-state index < -0.39 is 0 Å². The molecule has 0 aliphatic heterocycles. The Kier molecular flexibility index (Phi) is 4.38. The molecular weight excluding hydrogens is 318 g/mol. The molecular formula is C12H11BrClN3O. The van der Waals surface area contributed by atoms with E-state index in [2.05, 4.69) is 26.3 Å². The normalized spacial score (nSPS) is 10.3. The van der Waals surface area contributed by atoms with Crippen molar-refractivity contribution >= 4 is 33.4 Å². The Morgan fingerprint density at radius 3 is 2.89 bits per heavy atom. The average Bonchev–Trinajstić information content (AvgIpc) is 2.75. The Bertz CT molecular complexity index is 556.